The van der Waals surface area contributed by atoms with Crippen LogP contribution in [0.25, 0.3) is 0 Å². The third kappa shape index (κ3) is 3.92. The monoisotopic (exact) mass is 295 g/mol. The van der Waals surface area contributed by atoms with Crippen molar-refractivity contribution in [2.24, 2.45) is 5.84 Å². The van der Waals surface area contributed by atoms with Crippen molar-refractivity contribution in [2.45, 2.75) is 32.7 Å². The van der Waals surface area contributed by atoms with E-state index >= 15 is 0 Å². The quantitative estimate of drug-likeness (QED) is 0.583. The van der Waals surface area contributed by atoms with Gasteiger partial charge in [-0.05, 0) is 13.3 Å². The fraction of sp³-hybridized carbons (Fsp3) is 0.769. The molecular weight excluding hydrogens is 270 g/mol. The number of anilines is 3. The molecule has 0 amide bonds. The summed E-state index contributed by atoms with van der Waals surface area (Å²) in [5, 5.41) is 0. The van der Waals surface area contributed by atoms with E-state index in [0.29, 0.717) is 37.1 Å². The van der Waals surface area contributed by atoms with Gasteiger partial charge in [-0.25, -0.2) is 5.84 Å². The van der Waals surface area contributed by atoms with Crippen molar-refractivity contribution in [2.75, 3.05) is 48.6 Å². The first kappa shape index (κ1) is 15.7. The third-order valence-electron chi connectivity index (χ3n) is 3.72. The summed E-state index contributed by atoms with van der Waals surface area (Å²) in [5.41, 5.74) is 2.53. The smallest absolute Gasteiger partial charge is 0.243 e. The number of hydrazine groups is 1. The second-order valence-electron chi connectivity index (χ2n) is 5.25. The van der Waals surface area contributed by atoms with Crippen LogP contribution >= 0.6 is 0 Å². The molecule has 3 N–H and O–H groups in total. The van der Waals surface area contributed by atoms with Crippen molar-refractivity contribution in [3.63, 3.8) is 0 Å². The van der Waals surface area contributed by atoms with Gasteiger partial charge in [0.15, 0.2) is 0 Å². The van der Waals surface area contributed by atoms with Crippen LogP contribution in [0.1, 0.15) is 26.7 Å². The highest BCUT2D eigenvalue weighted by Crippen LogP contribution is 2.19. The highest BCUT2D eigenvalue weighted by Gasteiger charge is 2.19. The fourth-order valence-corrected chi connectivity index (χ4v) is 2.29. The Kier molecular flexibility index (Phi) is 5.51. The molecule has 1 aliphatic heterocycles. The highest BCUT2D eigenvalue weighted by atomic mass is 16.5. The van der Waals surface area contributed by atoms with Crippen LogP contribution in [0.5, 0.6) is 0 Å². The Morgan fingerprint density at radius 1 is 1.33 bits per heavy atom. The predicted octanol–water partition coefficient (Wildman–Crippen LogP) is 0.619. The lowest BCUT2D eigenvalue weighted by atomic mass is 10.2. The highest BCUT2D eigenvalue weighted by molar-refractivity contribution is 5.45. The maximum atomic E-state index is 5.49. The zero-order valence-electron chi connectivity index (χ0n) is 13.0. The Morgan fingerprint density at radius 2 is 2.05 bits per heavy atom. The lowest BCUT2D eigenvalue weighted by Crippen LogP contribution is -2.38. The van der Waals surface area contributed by atoms with E-state index in [1.165, 1.54) is 0 Å². The number of nitrogens with two attached hydrogens (primary N) is 1. The van der Waals surface area contributed by atoms with Gasteiger partial charge >= 0.3 is 0 Å². The van der Waals surface area contributed by atoms with Gasteiger partial charge in [0, 0.05) is 26.2 Å². The maximum absolute atomic E-state index is 5.49. The van der Waals surface area contributed by atoms with Crippen molar-refractivity contribution in [3.05, 3.63) is 0 Å². The van der Waals surface area contributed by atoms with Gasteiger partial charge < -0.3 is 14.5 Å². The van der Waals surface area contributed by atoms with Crippen LogP contribution in [0.2, 0.25) is 0 Å². The average Bonchev–Trinajstić information content (AvgIpc) is 2.54. The molecule has 1 saturated heterocycles. The Balaban J connectivity index is 2.24. The Morgan fingerprint density at radius 3 is 2.67 bits per heavy atom. The van der Waals surface area contributed by atoms with E-state index in [9.17, 15) is 0 Å². The number of hydrogen-bond donors (Lipinski definition) is 2. The molecule has 0 aliphatic carbocycles. The summed E-state index contributed by atoms with van der Waals surface area (Å²) < 4.78 is 5.36. The van der Waals surface area contributed by atoms with Gasteiger partial charge in [0.1, 0.15) is 0 Å². The molecule has 1 aliphatic rings. The lowest BCUT2D eigenvalue weighted by molar-refractivity contribution is 0.122. The number of ether oxygens (including phenoxy) is 1. The number of hydrogen-bond acceptors (Lipinski definition) is 8. The summed E-state index contributed by atoms with van der Waals surface area (Å²) in [7, 11) is 2.00. The van der Waals surface area contributed by atoms with Crippen LogP contribution in [-0.4, -0.2) is 54.3 Å². The number of nitrogens with one attached hydrogen (secondary N) is 1. The zero-order valence-corrected chi connectivity index (χ0v) is 13.0. The Labute approximate surface area is 125 Å². The van der Waals surface area contributed by atoms with E-state index in [4.69, 9.17) is 10.6 Å². The van der Waals surface area contributed by atoms with Gasteiger partial charge in [0.2, 0.25) is 17.8 Å². The minimum absolute atomic E-state index is 0.362. The van der Waals surface area contributed by atoms with Crippen LogP contribution in [0.4, 0.5) is 17.8 Å². The zero-order chi connectivity index (χ0) is 15.2. The van der Waals surface area contributed by atoms with Gasteiger partial charge in [0.25, 0.3) is 0 Å². The van der Waals surface area contributed by atoms with Crippen molar-refractivity contribution in [3.8, 4) is 0 Å². The topological polar surface area (TPSA) is 92.4 Å². The van der Waals surface area contributed by atoms with E-state index in [-0.39, 0.29) is 0 Å². The van der Waals surface area contributed by atoms with Crippen molar-refractivity contribution in [1.29, 1.82) is 0 Å². The Hall–Kier alpha value is -1.67. The van der Waals surface area contributed by atoms with Gasteiger partial charge in [-0.1, -0.05) is 13.3 Å². The predicted molar refractivity (Wildman–Crippen MR) is 83.4 cm³/mol. The summed E-state index contributed by atoms with van der Waals surface area (Å²) in [6, 6.07) is 0.362. The lowest BCUT2D eigenvalue weighted by Gasteiger charge is -2.29. The van der Waals surface area contributed by atoms with Crippen molar-refractivity contribution < 1.29 is 4.74 Å². The number of nitrogen functional groups attached to an aromatic ring is 1. The molecule has 1 unspecified atom stereocenters. The fourth-order valence-electron chi connectivity index (χ4n) is 2.29. The molecule has 2 heterocycles. The first-order chi connectivity index (χ1) is 10.2. The molecule has 8 heteroatoms. The summed E-state index contributed by atoms with van der Waals surface area (Å²) in [5.74, 6) is 7.16. The van der Waals surface area contributed by atoms with Crippen LogP contribution in [0, 0.1) is 0 Å². The van der Waals surface area contributed by atoms with E-state index in [0.717, 1.165) is 25.9 Å². The van der Waals surface area contributed by atoms with E-state index < -0.39 is 0 Å². The molecule has 8 nitrogen and oxygen atoms in total. The van der Waals surface area contributed by atoms with Gasteiger partial charge in [-0.2, -0.15) is 15.0 Å². The molecule has 1 fully saturated rings. The molecule has 0 spiro atoms. The second kappa shape index (κ2) is 7.37. The number of rotatable bonds is 6. The van der Waals surface area contributed by atoms with E-state index in [2.05, 4.69) is 44.0 Å². The molecule has 0 radical (unpaired) electrons. The molecule has 0 aromatic carbocycles. The number of morpholine rings is 1. The molecule has 118 valence electrons. The largest absolute Gasteiger partial charge is 0.378 e. The maximum Gasteiger partial charge on any atom is 0.243 e. The normalized spacial score (nSPS) is 16.7. The molecule has 0 bridgehead atoms. The van der Waals surface area contributed by atoms with Crippen LogP contribution in [0.15, 0.2) is 0 Å². The molecular formula is C13H25N7O. The summed E-state index contributed by atoms with van der Waals surface area (Å²) in [6.07, 6.45) is 2.20. The SMILES string of the molecule is CCCC(C)N(C)c1nc(NN)nc(N2CCOCC2)n1. The molecule has 1 aromatic heterocycles. The molecule has 1 aromatic rings. The summed E-state index contributed by atoms with van der Waals surface area (Å²) >= 11 is 0. The van der Waals surface area contributed by atoms with E-state index in [1.807, 2.05) is 7.05 Å². The molecule has 2 rings (SSSR count). The van der Waals surface area contributed by atoms with Gasteiger partial charge in [-0.3, -0.25) is 5.43 Å². The average molecular weight is 295 g/mol. The van der Waals surface area contributed by atoms with Gasteiger partial charge in [0.05, 0.1) is 13.2 Å². The van der Waals surface area contributed by atoms with Crippen LogP contribution < -0.4 is 21.1 Å². The van der Waals surface area contributed by atoms with Crippen molar-refractivity contribution >= 4 is 17.8 Å². The molecule has 0 saturated carbocycles. The first-order valence-electron chi connectivity index (χ1n) is 7.44. The minimum atomic E-state index is 0.362. The van der Waals surface area contributed by atoms with Gasteiger partial charge in [-0.15, -0.1) is 0 Å². The summed E-state index contributed by atoms with van der Waals surface area (Å²) in [6.45, 7) is 7.27. The standard InChI is InChI=1S/C13H25N7O/c1-4-5-10(2)19(3)12-15-11(18-14)16-13(17-12)20-6-8-21-9-7-20/h10H,4-9,14H2,1-3H3,(H,15,16,17,18). The minimum Gasteiger partial charge on any atom is -0.378 e. The molecule has 1 atom stereocenters. The van der Waals surface area contributed by atoms with Crippen LogP contribution in [0.3, 0.4) is 0 Å². The number of nitrogens with zero attached hydrogens (tertiary/aromatic N) is 5. The molecule has 21 heavy (non-hydrogen) atoms. The summed E-state index contributed by atoms with van der Waals surface area (Å²) in [4.78, 5) is 17.5. The number of aromatic nitrogens is 3. The third-order valence-corrected chi connectivity index (χ3v) is 3.72. The van der Waals surface area contributed by atoms with E-state index in [1.54, 1.807) is 0 Å². The Bertz CT molecular complexity index is 450. The van der Waals surface area contributed by atoms with Crippen molar-refractivity contribution in [1.82, 2.24) is 15.0 Å². The second-order valence-corrected chi connectivity index (χ2v) is 5.25. The first-order valence-corrected chi connectivity index (χ1v) is 7.44. The van der Waals surface area contributed by atoms with Crippen LogP contribution in [-0.2, 0) is 4.74 Å².